The summed E-state index contributed by atoms with van der Waals surface area (Å²) in [5.74, 6) is 0.476. The van der Waals surface area contributed by atoms with Crippen LogP contribution >= 0.6 is 39.1 Å². The minimum atomic E-state index is -0.184. The molecule has 0 saturated heterocycles. The maximum atomic E-state index is 13.3. The SMILES string of the molecule is CCNc1ccc(Cl)cc1CN(Cc1occc1Br)C(=O)c1ccccc1Cl. The highest BCUT2D eigenvalue weighted by atomic mass is 79.9. The number of benzene rings is 2. The topological polar surface area (TPSA) is 45.5 Å². The van der Waals surface area contributed by atoms with Gasteiger partial charge in [0.1, 0.15) is 5.76 Å². The number of carbonyl (C=O) groups is 1. The van der Waals surface area contributed by atoms with Gasteiger partial charge in [-0.3, -0.25) is 4.79 Å². The van der Waals surface area contributed by atoms with Crippen molar-refractivity contribution in [3.05, 3.63) is 86.2 Å². The van der Waals surface area contributed by atoms with Gasteiger partial charge in [-0.1, -0.05) is 35.3 Å². The van der Waals surface area contributed by atoms with Crippen LogP contribution in [0.5, 0.6) is 0 Å². The average molecular weight is 482 g/mol. The monoisotopic (exact) mass is 480 g/mol. The van der Waals surface area contributed by atoms with Gasteiger partial charge in [0.05, 0.1) is 27.9 Å². The molecular weight excluding hydrogens is 463 g/mol. The minimum Gasteiger partial charge on any atom is -0.466 e. The van der Waals surface area contributed by atoms with Crippen molar-refractivity contribution in [2.75, 3.05) is 11.9 Å². The van der Waals surface area contributed by atoms with Crippen LogP contribution in [0.2, 0.25) is 10.0 Å². The smallest absolute Gasteiger partial charge is 0.256 e. The first-order valence-corrected chi connectivity index (χ1v) is 10.3. The molecule has 0 unspecified atom stereocenters. The number of hydrogen-bond donors (Lipinski definition) is 1. The van der Waals surface area contributed by atoms with Crippen LogP contribution in [0.25, 0.3) is 0 Å². The minimum absolute atomic E-state index is 0.184. The Labute approximate surface area is 182 Å². The molecular formula is C21H19BrCl2N2O2. The fourth-order valence-electron chi connectivity index (χ4n) is 2.88. The molecule has 1 heterocycles. The summed E-state index contributed by atoms with van der Waals surface area (Å²) in [4.78, 5) is 15.0. The number of rotatable bonds is 7. The van der Waals surface area contributed by atoms with Gasteiger partial charge in [0.2, 0.25) is 0 Å². The van der Waals surface area contributed by atoms with E-state index in [1.54, 1.807) is 41.5 Å². The lowest BCUT2D eigenvalue weighted by molar-refractivity contribution is 0.0717. The molecule has 7 heteroatoms. The van der Waals surface area contributed by atoms with Gasteiger partial charge in [0.25, 0.3) is 5.91 Å². The fraction of sp³-hybridized carbons (Fsp3) is 0.190. The Kier molecular flexibility index (Phi) is 7.05. The van der Waals surface area contributed by atoms with Crippen molar-refractivity contribution in [1.82, 2.24) is 4.90 Å². The molecule has 4 nitrogen and oxygen atoms in total. The Morgan fingerprint density at radius 3 is 2.61 bits per heavy atom. The zero-order chi connectivity index (χ0) is 20.1. The standard InChI is InChI=1S/C21H19BrCl2N2O2/c1-2-25-19-8-7-15(23)11-14(19)12-26(13-20-17(22)9-10-28-20)21(27)16-5-3-4-6-18(16)24/h3-11,25H,2,12-13H2,1H3. The van der Waals surface area contributed by atoms with Crippen LogP contribution in [0.15, 0.2) is 63.7 Å². The quantitative estimate of drug-likeness (QED) is 0.412. The van der Waals surface area contributed by atoms with Crippen LogP contribution in [-0.2, 0) is 13.1 Å². The third-order valence-electron chi connectivity index (χ3n) is 4.21. The third-order valence-corrected chi connectivity index (χ3v) is 5.48. The van der Waals surface area contributed by atoms with Gasteiger partial charge in [0.15, 0.2) is 0 Å². The largest absolute Gasteiger partial charge is 0.466 e. The van der Waals surface area contributed by atoms with E-state index in [-0.39, 0.29) is 12.5 Å². The molecule has 1 aromatic heterocycles. The second kappa shape index (κ2) is 9.50. The average Bonchev–Trinajstić information content (AvgIpc) is 3.08. The van der Waals surface area contributed by atoms with Gasteiger partial charge in [0, 0.05) is 23.8 Å². The second-order valence-corrected chi connectivity index (χ2v) is 7.86. The summed E-state index contributed by atoms with van der Waals surface area (Å²) in [5.41, 5.74) is 2.29. The van der Waals surface area contributed by atoms with Crippen molar-refractivity contribution < 1.29 is 9.21 Å². The van der Waals surface area contributed by atoms with Crippen molar-refractivity contribution >= 4 is 50.7 Å². The van der Waals surface area contributed by atoms with Crippen LogP contribution in [0.3, 0.4) is 0 Å². The predicted molar refractivity (Wildman–Crippen MR) is 117 cm³/mol. The van der Waals surface area contributed by atoms with Crippen LogP contribution in [0.1, 0.15) is 28.6 Å². The van der Waals surface area contributed by atoms with E-state index in [0.29, 0.717) is 27.9 Å². The molecule has 28 heavy (non-hydrogen) atoms. The summed E-state index contributed by atoms with van der Waals surface area (Å²) in [7, 11) is 0. The van der Waals surface area contributed by atoms with Gasteiger partial charge in [-0.15, -0.1) is 0 Å². The van der Waals surface area contributed by atoms with E-state index >= 15 is 0 Å². The number of nitrogens with one attached hydrogen (secondary N) is 1. The molecule has 0 fully saturated rings. The van der Waals surface area contributed by atoms with E-state index < -0.39 is 0 Å². The van der Waals surface area contributed by atoms with E-state index in [2.05, 4.69) is 21.2 Å². The number of furan rings is 1. The molecule has 0 atom stereocenters. The molecule has 0 saturated carbocycles. The van der Waals surface area contributed by atoms with Gasteiger partial charge in [-0.2, -0.15) is 0 Å². The van der Waals surface area contributed by atoms with Crippen molar-refractivity contribution in [3.8, 4) is 0 Å². The number of halogens is 3. The number of amides is 1. The predicted octanol–water partition coefficient (Wildman–Crippen LogP) is 6.62. The molecule has 0 bridgehead atoms. The number of anilines is 1. The molecule has 0 spiro atoms. The molecule has 2 aromatic carbocycles. The molecule has 0 aliphatic carbocycles. The summed E-state index contributed by atoms with van der Waals surface area (Å²) in [5, 5.41) is 4.34. The van der Waals surface area contributed by atoms with Crippen LogP contribution in [0, 0.1) is 0 Å². The van der Waals surface area contributed by atoms with E-state index in [1.165, 1.54) is 0 Å². The first-order valence-electron chi connectivity index (χ1n) is 8.77. The van der Waals surface area contributed by atoms with E-state index in [1.807, 2.05) is 25.1 Å². The van der Waals surface area contributed by atoms with Crippen LogP contribution in [-0.4, -0.2) is 17.4 Å². The molecule has 0 radical (unpaired) electrons. The third kappa shape index (κ3) is 4.90. The second-order valence-electron chi connectivity index (χ2n) is 6.16. The Morgan fingerprint density at radius 1 is 1.14 bits per heavy atom. The molecule has 1 amide bonds. The Bertz CT molecular complexity index is 975. The molecule has 146 valence electrons. The normalized spacial score (nSPS) is 10.7. The highest BCUT2D eigenvalue weighted by Crippen LogP contribution is 2.27. The van der Waals surface area contributed by atoms with Crippen LogP contribution in [0.4, 0.5) is 5.69 Å². The lowest BCUT2D eigenvalue weighted by Gasteiger charge is -2.24. The lowest BCUT2D eigenvalue weighted by Crippen LogP contribution is -2.30. The summed E-state index contributed by atoms with van der Waals surface area (Å²) >= 11 is 15.9. The molecule has 3 aromatic rings. The molecule has 0 aliphatic rings. The zero-order valence-corrected chi connectivity index (χ0v) is 18.3. The maximum absolute atomic E-state index is 13.3. The lowest BCUT2D eigenvalue weighted by atomic mass is 10.1. The van der Waals surface area contributed by atoms with Crippen molar-refractivity contribution in [3.63, 3.8) is 0 Å². The summed E-state index contributed by atoms with van der Waals surface area (Å²) < 4.78 is 6.34. The summed E-state index contributed by atoms with van der Waals surface area (Å²) in [6.07, 6.45) is 1.58. The van der Waals surface area contributed by atoms with Gasteiger partial charge in [-0.25, -0.2) is 0 Å². The highest BCUT2D eigenvalue weighted by molar-refractivity contribution is 9.10. The molecule has 0 aliphatic heterocycles. The fourth-order valence-corrected chi connectivity index (χ4v) is 3.62. The molecule has 3 rings (SSSR count). The van der Waals surface area contributed by atoms with Crippen LogP contribution < -0.4 is 5.32 Å². The van der Waals surface area contributed by atoms with Gasteiger partial charge in [-0.05, 0) is 64.8 Å². The van der Waals surface area contributed by atoms with E-state index in [4.69, 9.17) is 27.6 Å². The highest BCUT2D eigenvalue weighted by Gasteiger charge is 2.22. The zero-order valence-electron chi connectivity index (χ0n) is 15.2. The summed E-state index contributed by atoms with van der Waals surface area (Å²) in [6.45, 7) is 3.41. The number of nitrogens with zero attached hydrogens (tertiary/aromatic N) is 1. The van der Waals surface area contributed by atoms with Crippen molar-refractivity contribution in [2.24, 2.45) is 0 Å². The first-order chi connectivity index (χ1) is 13.5. The van der Waals surface area contributed by atoms with E-state index in [0.717, 1.165) is 22.3 Å². The maximum Gasteiger partial charge on any atom is 0.256 e. The van der Waals surface area contributed by atoms with Crippen molar-refractivity contribution in [2.45, 2.75) is 20.0 Å². The summed E-state index contributed by atoms with van der Waals surface area (Å²) in [6, 6.07) is 14.4. The van der Waals surface area contributed by atoms with Gasteiger partial charge >= 0.3 is 0 Å². The van der Waals surface area contributed by atoms with Gasteiger partial charge < -0.3 is 14.6 Å². The Balaban J connectivity index is 1.97. The van der Waals surface area contributed by atoms with E-state index in [9.17, 15) is 4.79 Å². The Hall–Kier alpha value is -1.95. The van der Waals surface area contributed by atoms with Crippen molar-refractivity contribution in [1.29, 1.82) is 0 Å². The first kappa shape index (κ1) is 20.8. The molecule has 1 N–H and O–H groups in total. The number of carbonyl (C=O) groups excluding carboxylic acids is 1. The Morgan fingerprint density at radius 2 is 1.93 bits per heavy atom. The number of hydrogen-bond acceptors (Lipinski definition) is 3.